The van der Waals surface area contributed by atoms with Crippen molar-refractivity contribution in [1.82, 2.24) is 0 Å². The molecule has 0 spiro atoms. The Bertz CT molecular complexity index is 515. The smallest absolute Gasteiger partial charge is 0.130 e. The second-order valence-electron chi connectivity index (χ2n) is 4.33. The number of para-hydroxylation sites is 1. The standard InChI is InChI=1S/C16H18O/c1-4-14-7-5-6-8-16(14)17-15-10-9-12(2)11-13(15)3/h5-11H,4H2,1-3H3. The van der Waals surface area contributed by atoms with Gasteiger partial charge in [0.25, 0.3) is 0 Å². The molecular weight excluding hydrogens is 208 g/mol. The summed E-state index contributed by atoms with van der Waals surface area (Å²) in [7, 11) is 0. The van der Waals surface area contributed by atoms with Gasteiger partial charge in [-0.2, -0.15) is 0 Å². The molecule has 0 aliphatic heterocycles. The van der Waals surface area contributed by atoms with Crippen molar-refractivity contribution in [2.75, 3.05) is 0 Å². The monoisotopic (exact) mass is 226 g/mol. The Balaban J connectivity index is 2.31. The zero-order valence-corrected chi connectivity index (χ0v) is 10.7. The van der Waals surface area contributed by atoms with Crippen LogP contribution in [0.1, 0.15) is 23.6 Å². The van der Waals surface area contributed by atoms with Crippen LogP contribution in [-0.4, -0.2) is 0 Å². The minimum Gasteiger partial charge on any atom is -0.457 e. The summed E-state index contributed by atoms with van der Waals surface area (Å²) in [4.78, 5) is 0. The average Bonchev–Trinajstić information content (AvgIpc) is 2.33. The van der Waals surface area contributed by atoms with E-state index < -0.39 is 0 Å². The molecule has 0 aromatic heterocycles. The van der Waals surface area contributed by atoms with E-state index in [-0.39, 0.29) is 0 Å². The topological polar surface area (TPSA) is 9.23 Å². The Morgan fingerprint density at radius 2 is 1.71 bits per heavy atom. The molecule has 88 valence electrons. The first kappa shape index (κ1) is 11.7. The molecule has 0 atom stereocenters. The summed E-state index contributed by atoms with van der Waals surface area (Å²) in [6, 6.07) is 14.5. The van der Waals surface area contributed by atoms with E-state index in [0.717, 1.165) is 17.9 Å². The van der Waals surface area contributed by atoms with Gasteiger partial charge in [-0.3, -0.25) is 0 Å². The van der Waals surface area contributed by atoms with Crippen LogP contribution in [0.4, 0.5) is 0 Å². The maximum Gasteiger partial charge on any atom is 0.130 e. The molecule has 0 bridgehead atoms. The van der Waals surface area contributed by atoms with Crippen LogP contribution in [0.25, 0.3) is 0 Å². The lowest BCUT2D eigenvalue weighted by Gasteiger charge is -2.12. The number of rotatable bonds is 3. The molecule has 0 radical (unpaired) electrons. The molecule has 0 amide bonds. The lowest BCUT2D eigenvalue weighted by atomic mass is 10.1. The van der Waals surface area contributed by atoms with Crippen LogP contribution in [-0.2, 0) is 6.42 Å². The van der Waals surface area contributed by atoms with E-state index >= 15 is 0 Å². The van der Waals surface area contributed by atoms with Crippen molar-refractivity contribution in [3.8, 4) is 11.5 Å². The summed E-state index contributed by atoms with van der Waals surface area (Å²) < 4.78 is 5.99. The van der Waals surface area contributed by atoms with Crippen molar-refractivity contribution in [2.45, 2.75) is 27.2 Å². The predicted molar refractivity (Wildman–Crippen MR) is 71.8 cm³/mol. The Morgan fingerprint density at radius 1 is 0.941 bits per heavy atom. The average molecular weight is 226 g/mol. The van der Waals surface area contributed by atoms with Crippen LogP contribution in [0.5, 0.6) is 11.5 Å². The van der Waals surface area contributed by atoms with Crippen molar-refractivity contribution in [1.29, 1.82) is 0 Å². The van der Waals surface area contributed by atoms with E-state index in [1.807, 2.05) is 24.3 Å². The first-order valence-corrected chi connectivity index (χ1v) is 6.03. The van der Waals surface area contributed by atoms with Crippen LogP contribution in [0.2, 0.25) is 0 Å². The lowest BCUT2D eigenvalue weighted by molar-refractivity contribution is 0.473. The van der Waals surface area contributed by atoms with Crippen molar-refractivity contribution in [3.63, 3.8) is 0 Å². The van der Waals surface area contributed by atoms with Crippen LogP contribution in [0, 0.1) is 13.8 Å². The summed E-state index contributed by atoms with van der Waals surface area (Å²) in [5.41, 5.74) is 3.68. The van der Waals surface area contributed by atoms with Crippen molar-refractivity contribution in [3.05, 3.63) is 59.2 Å². The van der Waals surface area contributed by atoms with Crippen LogP contribution >= 0.6 is 0 Å². The van der Waals surface area contributed by atoms with E-state index in [1.54, 1.807) is 0 Å². The Labute approximate surface area is 103 Å². The fourth-order valence-electron chi connectivity index (χ4n) is 1.93. The van der Waals surface area contributed by atoms with Crippen molar-refractivity contribution in [2.24, 2.45) is 0 Å². The fraction of sp³-hybridized carbons (Fsp3) is 0.250. The number of aryl methyl sites for hydroxylation is 3. The van der Waals surface area contributed by atoms with Gasteiger partial charge in [0.05, 0.1) is 0 Å². The predicted octanol–water partition coefficient (Wildman–Crippen LogP) is 4.66. The fourth-order valence-corrected chi connectivity index (χ4v) is 1.93. The lowest BCUT2D eigenvalue weighted by Crippen LogP contribution is -1.92. The molecule has 2 aromatic rings. The number of benzene rings is 2. The highest BCUT2D eigenvalue weighted by Gasteiger charge is 2.04. The van der Waals surface area contributed by atoms with Crippen LogP contribution in [0.15, 0.2) is 42.5 Å². The van der Waals surface area contributed by atoms with Gasteiger partial charge in [-0.15, -0.1) is 0 Å². The zero-order chi connectivity index (χ0) is 12.3. The van der Waals surface area contributed by atoms with Gasteiger partial charge < -0.3 is 4.74 Å². The van der Waals surface area contributed by atoms with E-state index in [4.69, 9.17) is 4.74 Å². The van der Waals surface area contributed by atoms with E-state index in [2.05, 4.69) is 39.0 Å². The second-order valence-corrected chi connectivity index (χ2v) is 4.33. The molecule has 2 aromatic carbocycles. The number of hydrogen-bond acceptors (Lipinski definition) is 1. The second kappa shape index (κ2) is 5.05. The van der Waals surface area contributed by atoms with Crippen LogP contribution in [0.3, 0.4) is 0 Å². The molecule has 0 fully saturated rings. The molecule has 0 saturated carbocycles. The van der Waals surface area contributed by atoms with Crippen molar-refractivity contribution < 1.29 is 4.74 Å². The maximum atomic E-state index is 5.99. The van der Waals surface area contributed by atoms with Gasteiger partial charge in [0, 0.05) is 0 Å². The van der Waals surface area contributed by atoms with E-state index in [1.165, 1.54) is 16.7 Å². The van der Waals surface area contributed by atoms with Gasteiger partial charge in [-0.05, 0) is 43.5 Å². The molecule has 0 N–H and O–H groups in total. The van der Waals surface area contributed by atoms with E-state index in [9.17, 15) is 0 Å². The van der Waals surface area contributed by atoms with Gasteiger partial charge in [-0.25, -0.2) is 0 Å². The first-order chi connectivity index (χ1) is 8.20. The van der Waals surface area contributed by atoms with Gasteiger partial charge in [0.15, 0.2) is 0 Å². The zero-order valence-electron chi connectivity index (χ0n) is 10.7. The van der Waals surface area contributed by atoms with Crippen molar-refractivity contribution >= 4 is 0 Å². The minimum atomic E-state index is 0.941. The molecule has 0 unspecified atom stereocenters. The highest BCUT2D eigenvalue weighted by Crippen LogP contribution is 2.28. The Hall–Kier alpha value is -1.76. The Morgan fingerprint density at radius 3 is 2.41 bits per heavy atom. The minimum absolute atomic E-state index is 0.941. The summed E-state index contributed by atoms with van der Waals surface area (Å²) in [6.45, 7) is 6.32. The van der Waals surface area contributed by atoms with Gasteiger partial charge >= 0.3 is 0 Å². The summed E-state index contributed by atoms with van der Waals surface area (Å²) in [5.74, 6) is 1.90. The molecule has 17 heavy (non-hydrogen) atoms. The van der Waals surface area contributed by atoms with E-state index in [0.29, 0.717) is 0 Å². The van der Waals surface area contributed by atoms with Crippen LogP contribution < -0.4 is 4.74 Å². The summed E-state index contributed by atoms with van der Waals surface area (Å²) in [5, 5.41) is 0. The molecule has 2 rings (SSSR count). The molecule has 0 aliphatic carbocycles. The van der Waals surface area contributed by atoms with Gasteiger partial charge in [0.2, 0.25) is 0 Å². The maximum absolute atomic E-state index is 5.99. The molecule has 1 nitrogen and oxygen atoms in total. The van der Waals surface area contributed by atoms with Gasteiger partial charge in [0.1, 0.15) is 11.5 Å². The molecular formula is C16H18O. The highest BCUT2D eigenvalue weighted by molar-refractivity contribution is 5.42. The third-order valence-corrected chi connectivity index (χ3v) is 2.90. The largest absolute Gasteiger partial charge is 0.457 e. The molecule has 0 aliphatic rings. The molecule has 0 saturated heterocycles. The normalized spacial score (nSPS) is 10.3. The first-order valence-electron chi connectivity index (χ1n) is 6.03. The number of ether oxygens (including phenoxy) is 1. The third kappa shape index (κ3) is 2.68. The van der Waals surface area contributed by atoms with Gasteiger partial charge in [-0.1, -0.05) is 42.8 Å². The molecule has 0 heterocycles. The molecule has 1 heteroatoms. The summed E-state index contributed by atoms with van der Waals surface area (Å²) in [6.07, 6.45) is 0.987. The number of hydrogen-bond donors (Lipinski definition) is 0. The SMILES string of the molecule is CCc1ccccc1Oc1ccc(C)cc1C. The summed E-state index contributed by atoms with van der Waals surface area (Å²) >= 11 is 0. The Kier molecular flexibility index (Phi) is 3.48. The highest BCUT2D eigenvalue weighted by atomic mass is 16.5. The quantitative estimate of drug-likeness (QED) is 0.739. The third-order valence-electron chi connectivity index (χ3n) is 2.90.